The van der Waals surface area contributed by atoms with Crippen molar-refractivity contribution in [2.75, 3.05) is 6.54 Å². The van der Waals surface area contributed by atoms with Gasteiger partial charge in [-0.25, -0.2) is 4.98 Å². The number of hydrogen-bond donors (Lipinski definition) is 2. The molecule has 2 heterocycles. The second-order valence-electron chi connectivity index (χ2n) is 4.74. The molecule has 1 aliphatic heterocycles. The van der Waals surface area contributed by atoms with Crippen LogP contribution in [0.1, 0.15) is 37.7 Å². The molecule has 0 radical (unpaired) electrons. The van der Waals surface area contributed by atoms with Crippen LogP contribution < -0.4 is 10.6 Å². The van der Waals surface area contributed by atoms with E-state index in [-0.39, 0.29) is 18.0 Å². The summed E-state index contributed by atoms with van der Waals surface area (Å²) in [7, 11) is 0. The molecule has 1 aliphatic rings. The predicted octanol–water partition coefficient (Wildman–Crippen LogP) is 1.71. The van der Waals surface area contributed by atoms with Crippen molar-refractivity contribution in [1.29, 1.82) is 0 Å². The lowest BCUT2D eigenvalue weighted by Crippen LogP contribution is -2.48. The number of hydrogen-bond acceptors (Lipinski definition) is 4. The first-order chi connectivity index (χ1) is 8.16. The van der Waals surface area contributed by atoms with Gasteiger partial charge < -0.3 is 10.6 Å². The zero-order chi connectivity index (χ0) is 12.3. The van der Waals surface area contributed by atoms with Gasteiger partial charge in [-0.2, -0.15) is 0 Å². The summed E-state index contributed by atoms with van der Waals surface area (Å²) in [4.78, 5) is 16.3. The summed E-state index contributed by atoms with van der Waals surface area (Å²) in [6.07, 6.45) is 3.85. The van der Waals surface area contributed by atoms with E-state index >= 15 is 0 Å². The molecule has 3 unspecified atom stereocenters. The zero-order valence-electron chi connectivity index (χ0n) is 10.3. The van der Waals surface area contributed by atoms with E-state index < -0.39 is 0 Å². The standard InChI is InChI=1S/C12H19N3OS/c1-8-3-4-13-10(7-8)11(16)15-9(2)12-14-5-6-17-12/h5-6,8-10,13H,3-4,7H2,1-2H3,(H,15,16). The van der Waals surface area contributed by atoms with Gasteiger partial charge in [-0.1, -0.05) is 6.92 Å². The molecule has 17 heavy (non-hydrogen) atoms. The van der Waals surface area contributed by atoms with Crippen molar-refractivity contribution in [1.82, 2.24) is 15.6 Å². The SMILES string of the molecule is CC1CCNC(C(=O)NC(C)c2nccs2)C1. The molecule has 4 nitrogen and oxygen atoms in total. The highest BCUT2D eigenvalue weighted by molar-refractivity contribution is 7.09. The van der Waals surface area contributed by atoms with Crippen molar-refractivity contribution < 1.29 is 4.79 Å². The summed E-state index contributed by atoms with van der Waals surface area (Å²) in [6.45, 7) is 5.11. The third-order valence-corrected chi connectivity index (χ3v) is 4.12. The van der Waals surface area contributed by atoms with Crippen molar-refractivity contribution in [3.8, 4) is 0 Å². The van der Waals surface area contributed by atoms with E-state index in [0.29, 0.717) is 5.92 Å². The Morgan fingerprint density at radius 2 is 2.53 bits per heavy atom. The van der Waals surface area contributed by atoms with Crippen LogP contribution in [0, 0.1) is 5.92 Å². The monoisotopic (exact) mass is 253 g/mol. The largest absolute Gasteiger partial charge is 0.346 e. The molecule has 2 N–H and O–H groups in total. The van der Waals surface area contributed by atoms with Crippen LogP contribution in [0.15, 0.2) is 11.6 Å². The lowest BCUT2D eigenvalue weighted by atomic mass is 9.94. The van der Waals surface area contributed by atoms with Gasteiger partial charge in [-0.05, 0) is 32.2 Å². The maximum absolute atomic E-state index is 12.1. The summed E-state index contributed by atoms with van der Waals surface area (Å²) >= 11 is 1.57. The van der Waals surface area contributed by atoms with Crippen molar-refractivity contribution in [3.63, 3.8) is 0 Å². The number of rotatable bonds is 3. The molecule has 2 rings (SSSR count). The average Bonchev–Trinajstić information content (AvgIpc) is 2.82. The van der Waals surface area contributed by atoms with Gasteiger partial charge in [-0.15, -0.1) is 11.3 Å². The van der Waals surface area contributed by atoms with E-state index in [4.69, 9.17) is 0 Å². The number of carbonyl (C=O) groups excluding carboxylic acids is 1. The summed E-state index contributed by atoms with van der Waals surface area (Å²) in [5.74, 6) is 0.724. The maximum atomic E-state index is 12.1. The first-order valence-electron chi connectivity index (χ1n) is 6.10. The van der Waals surface area contributed by atoms with E-state index in [9.17, 15) is 4.79 Å². The lowest BCUT2D eigenvalue weighted by molar-refractivity contribution is -0.124. The molecule has 0 saturated carbocycles. The van der Waals surface area contributed by atoms with Crippen LogP contribution >= 0.6 is 11.3 Å². The van der Waals surface area contributed by atoms with Crippen molar-refractivity contribution in [2.45, 2.75) is 38.8 Å². The number of aromatic nitrogens is 1. The first-order valence-corrected chi connectivity index (χ1v) is 6.98. The van der Waals surface area contributed by atoms with Gasteiger partial charge in [0.1, 0.15) is 5.01 Å². The summed E-state index contributed by atoms with van der Waals surface area (Å²) in [6, 6.07) is -0.0392. The molecule has 1 amide bonds. The Balaban J connectivity index is 1.88. The average molecular weight is 253 g/mol. The summed E-state index contributed by atoms with van der Waals surface area (Å²) in [5.41, 5.74) is 0. The van der Waals surface area contributed by atoms with Crippen LogP contribution in [-0.2, 0) is 4.79 Å². The van der Waals surface area contributed by atoms with Crippen molar-refractivity contribution in [3.05, 3.63) is 16.6 Å². The van der Waals surface area contributed by atoms with Crippen LogP contribution in [0.5, 0.6) is 0 Å². The molecular formula is C12H19N3OS. The smallest absolute Gasteiger partial charge is 0.237 e. The predicted molar refractivity (Wildman–Crippen MR) is 68.9 cm³/mol. The van der Waals surface area contributed by atoms with E-state index in [1.165, 1.54) is 0 Å². The minimum atomic E-state index is -0.0406. The third kappa shape index (κ3) is 3.26. The Morgan fingerprint density at radius 1 is 1.71 bits per heavy atom. The molecule has 1 fully saturated rings. The fourth-order valence-electron chi connectivity index (χ4n) is 2.13. The van der Waals surface area contributed by atoms with Gasteiger partial charge in [0, 0.05) is 11.6 Å². The molecule has 0 spiro atoms. The highest BCUT2D eigenvalue weighted by Crippen LogP contribution is 2.18. The minimum Gasteiger partial charge on any atom is -0.346 e. The molecule has 0 bridgehead atoms. The number of piperidine rings is 1. The second-order valence-corrected chi connectivity index (χ2v) is 5.66. The Bertz CT molecular complexity index is 366. The topological polar surface area (TPSA) is 54.0 Å². The van der Waals surface area contributed by atoms with Crippen LogP contribution in [-0.4, -0.2) is 23.5 Å². The number of thiazole rings is 1. The fourth-order valence-corrected chi connectivity index (χ4v) is 2.78. The van der Waals surface area contributed by atoms with Crippen LogP contribution in [0.3, 0.4) is 0 Å². The molecule has 5 heteroatoms. The molecule has 0 aromatic carbocycles. The molecule has 94 valence electrons. The number of nitrogens with one attached hydrogen (secondary N) is 2. The maximum Gasteiger partial charge on any atom is 0.237 e. The van der Waals surface area contributed by atoms with Crippen LogP contribution in [0.2, 0.25) is 0 Å². The van der Waals surface area contributed by atoms with Gasteiger partial charge in [0.15, 0.2) is 0 Å². The summed E-state index contributed by atoms with van der Waals surface area (Å²) in [5, 5.41) is 9.18. The second kappa shape index (κ2) is 5.60. The molecular weight excluding hydrogens is 234 g/mol. The van der Waals surface area contributed by atoms with Gasteiger partial charge in [0.25, 0.3) is 0 Å². The molecule has 1 aromatic rings. The molecule has 3 atom stereocenters. The van der Waals surface area contributed by atoms with Gasteiger partial charge >= 0.3 is 0 Å². The van der Waals surface area contributed by atoms with E-state index in [2.05, 4.69) is 22.5 Å². The Labute approximate surface area is 106 Å². The zero-order valence-corrected chi connectivity index (χ0v) is 11.1. The summed E-state index contributed by atoms with van der Waals surface area (Å²) < 4.78 is 0. The molecule has 1 aromatic heterocycles. The van der Waals surface area contributed by atoms with Gasteiger partial charge in [0.05, 0.1) is 12.1 Å². The normalized spacial score (nSPS) is 26.5. The van der Waals surface area contributed by atoms with E-state index in [0.717, 1.165) is 24.4 Å². The van der Waals surface area contributed by atoms with Crippen LogP contribution in [0.4, 0.5) is 0 Å². The first kappa shape index (κ1) is 12.5. The Kier molecular flexibility index (Phi) is 4.12. The minimum absolute atomic E-state index is 0.00142. The highest BCUT2D eigenvalue weighted by atomic mass is 32.1. The quantitative estimate of drug-likeness (QED) is 0.862. The molecule has 1 saturated heterocycles. The van der Waals surface area contributed by atoms with E-state index in [1.807, 2.05) is 12.3 Å². The Morgan fingerprint density at radius 3 is 3.18 bits per heavy atom. The van der Waals surface area contributed by atoms with E-state index in [1.54, 1.807) is 17.5 Å². The van der Waals surface area contributed by atoms with Crippen LogP contribution in [0.25, 0.3) is 0 Å². The highest BCUT2D eigenvalue weighted by Gasteiger charge is 2.25. The third-order valence-electron chi connectivity index (χ3n) is 3.16. The molecule has 0 aliphatic carbocycles. The fraction of sp³-hybridized carbons (Fsp3) is 0.667. The number of amides is 1. The van der Waals surface area contributed by atoms with Gasteiger partial charge in [0.2, 0.25) is 5.91 Å². The van der Waals surface area contributed by atoms with Crippen molar-refractivity contribution in [2.24, 2.45) is 5.92 Å². The Hall–Kier alpha value is -0.940. The number of carbonyl (C=O) groups is 1. The number of nitrogens with zero attached hydrogens (tertiary/aromatic N) is 1. The van der Waals surface area contributed by atoms with Gasteiger partial charge in [-0.3, -0.25) is 4.79 Å². The van der Waals surface area contributed by atoms with Crippen molar-refractivity contribution >= 4 is 17.2 Å². The lowest BCUT2D eigenvalue weighted by Gasteiger charge is -2.28.